The van der Waals surface area contributed by atoms with Crippen LogP contribution in [0.5, 0.6) is 0 Å². The zero-order chi connectivity index (χ0) is 10.8. The normalized spacial score (nSPS) is 12.9. The van der Waals surface area contributed by atoms with Gasteiger partial charge in [-0.1, -0.05) is 0 Å². The molecule has 2 heterocycles. The number of aromatic nitrogens is 2. The Bertz CT molecular complexity index is 492. The van der Waals surface area contributed by atoms with Crippen LogP contribution in [0.25, 0.3) is 11.0 Å². The second-order valence-electron chi connectivity index (χ2n) is 3.35. The third-order valence-electron chi connectivity index (χ3n) is 2.28. The number of aromatic amines is 1. The van der Waals surface area contributed by atoms with Crippen LogP contribution in [0.3, 0.4) is 0 Å². The molecule has 5 heteroatoms. The highest BCUT2D eigenvalue weighted by atomic mass is 16.4. The van der Waals surface area contributed by atoms with Gasteiger partial charge in [0.25, 0.3) is 0 Å². The molecule has 0 fully saturated rings. The van der Waals surface area contributed by atoms with Crippen molar-refractivity contribution in [3.8, 4) is 0 Å². The fourth-order valence-electron chi connectivity index (χ4n) is 1.58. The van der Waals surface area contributed by atoms with Crippen molar-refractivity contribution in [2.24, 2.45) is 5.73 Å². The molecule has 0 amide bonds. The Kier molecular flexibility index (Phi) is 2.39. The molecule has 78 valence electrons. The van der Waals surface area contributed by atoms with Crippen LogP contribution in [-0.2, 0) is 4.79 Å². The van der Waals surface area contributed by atoms with Crippen molar-refractivity contribution in [1.82, 2.24) is 9.97 Å². The summed E-state index contributed by atoms with van der Waals surface area (Å²) in [5.74, 6) is -0.902. The quantitative estimate of drug-likeness (QED) is 0.698. The highest BCUT2D eigenvalue weighted by Crippen LogP contribution is 2.22. The number of hydrogen-bond acceptors (Lipinski definition) is 3. The highest BCUT2D eigenvalue weighted by molar-refractivity contribution is 5.81. The Morgan fingerprint density at radius 3 is 3.20 bits per heavy atom. The van der Waals surface area contributed by atoms with Crippen molar-refractivity contribution in [3.05, 3.63) is 30.1 Å². The van der Waals surface area contributed by atoms with E-state index in [1.54, 1.807) is 18.5 Å². The number of H-pyrrole nitrogens is 1. The molecule has 15 heavy (non-hydrogen) atoms. The molecule has 0 aliphatic rings. The van der Waals surface area contributed by atoms with Crippen LogP contribution < -0.4 is 5.73 Å². The minimum absolute atomic E-state index is 0.0815. The Labute approximate surface area is 85.9 Å². The lowest BCUT2D eigenvalue weighted by molar-refractivity contribution is -0.137. The average molecular weight is 205 g/mol. The number of pyridine rings is 1. The summed E-state index contributed by atoms with van der Waals surface area (Å²) in [5, 5.41) is 9.53. The van der Waals surface area contributed by atoms with Crippen LogP contribution in [-0.4, -0.2) is 21.0 Å². The summed E-state index contributed by atoms with van der Waals surface area (Å²) >= 11 is 0. The Morgan fingerprint density at radius 1 is 1.67 bits per heavy atom. The summed E-state index contributed by atoms with van der Waals surface area (Å²) in [6.07, 6.45) is 3.30. The summed E-state index contributed by atoms with van der Waals surface area (Å²) in [6, 6.07) is 3.17. The molecule has 2 aromatic heterocycles. The minimum Gasteiger partial charge on any atom is -0.481 e. The maximum atomic E-state index is 10.5. The van der Waals surface area contributed by atoms with Gasteiger partial charge in [0.15, 0.2) is 0 Å². The SMILES string of the molecule is NC(CC(=O)O)c1c[nH]c2ncccc12. The van der Waals surface area contributed by atoms with E-state index in [1.165, 1.54) is 0 Å². The van der Waals surface area contributed by atoms with E-state index >= 15 is 0 Å². The average Bonchev–Trinajstić information content (AvgIpc) is 2.59. The van der Waals surface area contributed by atoms with Gasteiger partial charge in [0.05, 0.1) is 6.42 Å². The number of fused-ring (bicyclic) bond motifs is 1. The molecule has 0 bridgehead atoms. The molecule has 2 rings (SSSR count). The van der Waals surface area contributed by atoms with Crippen molar-refractivity contribution in [2.45, 2.75) is 12.5 Å². The van der Waals surface area contributed by atoms with Gasteiger partial charge in [-0.3, -0.25) is 4.79 Å². The second kappa shape index (κ2) is 3.70. The molecule has 0 aliphatic heterocycles. The topological polar surface area (TPSA) is 92.0 Å². The van der Waals surface area contributed by atoms with Gasteiger partial charge in [-0.2, -0.15) is 0 Å². The Morgan fingerprint density at radius 2 is 2.47 bits per heavy atom. The smallest absolute Gasteiger partial charge is 0.305 e. The van der Waals surface area contributed by atoms with Gasteiger partial charge in [0.2, 0.25) is 0 Å². The third kappa shape index (κ3) is 1.82. The van der Waals surface area contributed by atoms with Gasteiger partial charge in [0.1, 0.15) is 5.65 Å². The van der Waals surface area contributed by atoms with Crippen LogP contribution in [0, 0.1) is 0 Å². The molecule has 2 aromatic rings. The van der Waals surface area contributed by atoms with Crippen molar-refractivity contribution < 1.29 is 9.90 Å². The summed E-state index contributed by atoms with van der Waals surface area (Å²) in [4.78, 5) is 17.6. The summed E-state index contributed by atoms with van der Waals surface area (Å²) in [7, 11) is 0. The predicted octanol–water partition coefficient (Wildman–Crippen LogP) is 1.04. The molecule has 1 unspecified atom stereocenters. The van der Waals surface area contributed by atoms with Crippen molar-refractivity contribution >= 4 is 17.0 Å². The summed E-state index contributed by atoms with van der Waals surface area (Å²) in [5.41, 5.74) is 7.30. The molecular formula is C10H11N3O2. The van der Waals surface area contributed by atoms with Crippen molar-refractivity contribution in [2.75, 3.05) is 0 Å². The second-order valence-corrected chi connectivity index (χ2v) is 3.35. The van der Waals surface area contributed by atoms with Gasteiger partial charge in [-0.25, -0.2) is 4.98 Å². The number of rotatable bonds is 3. The van der Waals surface area contributed by atoms with Gasteiger partial charge >= 0.3 is 5.97 Å². The molecule has 4 N–H and O–H groups in total. The fraction of sp³-hybridized carbons (Fsp3) is 0.200. The van der Waals surface area contributed by atoms with E-state index in [1.807, 2.05) is 6.07 Å². The zero-order valence-electron chi connectivity index (χ0n) is 7.97. The number of carboxylic acids is 1. The van der Waals surface area contributed by atoms with E-state index < -0.39 is 12.0 Å². The van der Waals surface area contributed by atoms with Gasteiger partial charge in [-0.15, -0.1) is 0 Å². The third-order valence-corrected chi connectivity index (χ3v) is 2.28. The van der Waals surface area contributed by atoms with E-state index in [0.717, 1.165) is 16.6 Å². The molecule has 0 saturated carbocycles. The van der Waals surface area contributed by atoms with Crippen LogP contribution in [0.2, 0.25) is 0 Å². The van der Waals surface area contributed by atoms with Crippen molar-refractivity contribution in [3.63, 3.8) is 0 Å². The largest absolute Gasteiger partial charge is 0.481 e. The lowest BCUT2D eigenvalue weighted by Gasteiger charge is -2.06. The number of aliphatic carboxylic acids is 1. The van der Waals surface area contributed by atoms with Gasteiger partial charge in [0, 0.05) is 23.8 Å². The van der Waals surface area contributed by atoms with E-state index in [4.69, 9.17) is 10.8 Å². The van der Waals surface area contributed by atoms with E-state index in [-0.39, 0.29) is 6.42 Å². The fourth-order valence-corrected chi connectivity index (χ4v) is 1.58. The molecule has 0 radical (unpaired) electrons. The number of nitrogens with two attached hydrogens (primary N) is 1. The summed E-state index contributed by atoms with van der Waals surface area (Å²) < 4.78 is 0. The first-order valence-corrected chi connectivity index (χ1v) is 4.58. The van der Waals surface area contributed by atoms with Crippen LogP contribution >= 0.6 is 0 Å². The van der Waals surface area contributed by atoms with E-state index in [9.17, 15) is 4.79 Å². The molecule has 0 saturated heterocycles. The van der Waals surface area contributed by atoms with Gasteiger partial charge in [-0.05, 0) is 17.7 Å². The van der Waals surface area contributed by atoms with E-state index in [2.05, 4.69) is 9.97 Å². The standard InChI is InChI=1S/C10H11N3O2/c11-8(4-9(14)15)7-5-13-10-6(7)2-1-3-12-10/h1-3,5,8H,4,11H2,(H,12,13)(H,14,15). The number of nitrogens with one attached hydrogen (secondary N) is 1. The molecule has 1 atom stereocenters. The number of carbonyl (C=O) groups is 1. The number of carboxylic acid groups (broad SMARTS) is 1. The zero-order valence-corrected chi connectivity index (χ0v) is 7.97. The molecular weight excluding hydrogens is 194 g/mol. The van der Waals surface area contributed by atoms with E-state index in [0.29, 0.717) is 0 Å². The molecule has 0 spiro atoms. The van der Waals surface area contributed by atoms with Gasteiger partial charge < -0.3 is 15.8 Å². The monoisotopic (exact) mass is 205 g/mol. The number of nitrogens with zero attached hydrogens (tertiary/aromatic N) is 1. The first kappa shape index (κ1) is 9.67. The predicted molar refractivity (Wildman–Crippen MR) is 55.3 cm³/mol. The lowest BCUT2D eigenvalue weighted by Crippen LogP contribution is -2.14. The highest BCUT2D eigenvalue weighted by Gasteiger charge is 2.14. The molecule has 0 aliphatic carbocycles. The molecule has 5 nitrogen and oxygen atoms in total. The lowest BCUT2D eigenvalue weighted by atomic mass is 10.1. The Hall–Kier alpha value is -1.88. The van der Waals surface area contributed by atoms with Crippen molar-refractivity contribution in [1.29, 1.82) is 0 Å². The first-order chi connectivity index (χ1) is 7.18. The van der Waals surface area contributed by atoms with Crippen LogP contribution in [0.15, 0.2) is 24.5 Å². The maximum absolute atomic E-state index is 10.5. The van der Waals surface area contributed by atoms with Crippen LogP contribution in [0.4, 0.5) is 0 Å². The summed E-state index contributed by atoms with van der Waals surface area (Å²) in [6.45, 7) is 0. The first-order valence-electron chi connectivity index (χ1n) is 4.58. The molecule has 0 aromatic carbocycles. The number of hydrogen-bond donors (Lipinski definition) is 3. The maximum Gasteiger partial charge on any atom is 0.305 e. The van der Waals surface area contributed by atoms with Crippen LogP contribution in [0.1, 0.15) is 18.0 Å². The minimum atomic E-state index is -0.902. The Balaban J connectivity index is 2.39.